The molecule has 0 aliphatic heterocycles. The molecule has 0 radical (unpaired) electrons. The van der Waals surface area contributed by atoms with Crippen LogP contribution >= 0.6 is 7.60 Å². The maximum atomic E-state index is 11.8. The van der Waals surface area contributed by atoms with E-state index in [2.05, 4.69) is 0 Å². The van der Waals surface area contributed by atoms with E-state index in [0.717, 1.165) is 0 Å². The summed E-state index contributed by atoms with van der Waals surface area (Å²) in [5.41, 5.74) is 0.138. The number of benzene rings is 1. The number of hydrogen-bond acceptors (Lipinski definition) is 6. The van der Waals surface area contributed by atoms with Crippen molar-refractivity contribution in [2.24, 2.45) is 0 Å². The third-order valence-corrected chi connectivity index (χ3v) is 4.15. The highest BCUT2D eigenvalue weighted by molar-refractivity contribution is 7.53. The normalized spacial score (nSPS) is 15.3. The summed E-state index contributed by atoms with van der Waals surface area (Å²) in [7, 11) is 0.0745. The molecule has 0 aliphatic carbocycles. The van der Waals surface area contributed by atoms with Gasteiger partial charge in [0, 0.05) is 5.56 Å². The summed E-state index contributed by atoms with van der Waals surface area (Å²) in [5, 5.41) is 9.99. The van der Waals surface area contributed by atoms with Crippen LogP contribution in [0.25, 0.3) is 0 Å². The van der Waals surface area contributed by atoms with Gasteiger partial charge in [-0.3, -0.25) is 4.57 Å². The molecule has 2 N–H and O–H groups in total. The van der Waals surface area contributed by atoms with Crippen molar-refractivity contribution in [3.05, 3.63) is 17.7 Å². The van der Waals surface area contributed by atoms with Crippen molar-refractivity contribution in [3.8, 4) is 17.2 Å². The SMILES string of the molecule is CCOP(=O)(O)C(O)c1cc(OC)c(OC)c(OC)c1. The van der Waals surface area contributed by atoms with Crippen molar-refractivity contribution in [2.45, 2.75) is 12.8 Å². The maximum Gasteiger partial charge on any atom is 0.360 e. The van der Waals surface area contributed by atoms with Crippen molar-refractivity contribution >= 4 is 7.60 Å². The minimum atomic E-state index is -4.19. The van der Waals surface area contributed by atoms with E-state index in [1.54, 1.807) is 6.92 Å². The fraction of sp³-hybridized carbons (Fsp3) is 0.500. The number of ether oxygens (including phenoxy) is 3. The lowest BCUT2D eigenvalue weighted by Gasteiger charge is -2.20. The van der Waals surface area contributed by atoms with Crippen LogP contribution in [0.3, 0.4) is 0 Å². The summed E-state index contributed by atoms with van der Waals surface area (Å²) in [6, 6.07) is 2.79. The predicted octanol–water partition coefficient (Wildman–Crippen LogP) is 1.93. The molecule has 0 amide bonds. The Kier molecular flexibility index (Phi) is 5.83. The lowest BCUT2D eigenvalue weighted by Crippen LogP contribution is -2.04. The highest BCUT2D eigenvalue weighted by Gasteiger charge is 2.33. The zero-order valence-corrected chi connectivity index (χ0v) is 12.7. The fourth-order valence-corrected chi connectivity index (χ4v) is 2.73. The van der Waals surface area contributed by atoms with Gasteiger partial charge in [-0.2, -0.15) is 0 Å². The Balaban J connectivity index is 3.29. The molecule has 2 unspecified atom stereocenters. The van der Waals surface area contributed by atoms with Gasteiger partial charge in [-0.25, -0.2) is 0 Å². The molecule has 1 aromatic rings. The molecular weight excluding hydrogens is 287 g/mol. The van der Waals surface area contributed by atoms with Crippen LogP contribution in [0.5, 0.6) is 17.2 Å². The van der Waals surface area contributed by atoms with Gasteiger partial charge in [-0.1, -0.05) is 0 Å². The second-order valence-electron chi connectivity index (χ2n) is 3.81. The first-order valence-corrected chi connectivity index (χ1v) is 7.50. The number of hydrogen-bond donors (Lipinski definition) is 2. The van der Waals surface area contributed by atoms with E-state index in [-0.39, 0.29) is 23.7 Å². The largest absolute Gasteiger partial charge is 0.493 e. The van der Waals surface area contributed by atoms with E-state index < -0.39 is 13.4 Å². The molecule has 0 bridgehead atoms. The third kappa shape index (κ3) is 3.43. The van der Waals surface area contributed by atoms with E-state index in [0.29, 0.717) is 5.75 Å². The van der Waals surface area contributed by atoms with Gasteiger partial charge in [0.05, 0.1) is 27.9 Å². The first-order chi connectivity index (χ1) is 9.41. The molecule has 0 heterocycles. The Morgan fingerprint density at radius 3 is 2.00 bits per heavy atom. The van der Waals surface area contributed by atoms with Crippen molar-refractivity contribution in [3.63, 3.8) is 0 Å². The molecule has 114 valence electrons. The van der Waals surface area contributed by atoms with Gasteiger partial charge in [0.25, 0.3) is 0 Å². The van der Waals surface area contributed by atoms with Crippen molar-refractivity contribution in [2.75, 3.05) is 27.9 Å². The second kappa shape index (κ2) is 6.95. The lowest BCUT2D eigenvalue weighted by molar-refractivity contribution is 0.177. The van der Waals surface area contributed by atoms with Gasteiger partial charge in [0.15, 0.2) is 17.3 Å². The van der Waals surface area contributed by atoms with Crippen LogP contribution in [0, 0.1) is 0 Å². The summed E-state index contributed by atoms with van der Waals surface area (Å²) in [5.74, 6) is -0.818. The van der Waals surface area contributed by atoms with Crippen LogP contribution in [0.15, 0.2) is 12.1 Å². The Morgan fingerprint density at radius 2 is 1.65 bits per heavy atom. The zero-order valence-electron chi connectivity index (χ0n) is 11.8. The third-order valence-electron chi connectivity index (χ3n) is 2.61. The van der Waals surface area contributed by atoms with Crippen molar-refractivity contribution < 1.29 is 33.3 Å². The van der Waals surface area contributed by atoms with E-state index in [1.807, 2.05) is 0 Å². The van der Waals surface area contributed by atoms with E-state index in [1.165, 1.54) is 33.5 Å². The second-order valence-corrected chi connectivity index (χ2v) is 5.69. The lowest BCUT2D eigenvalue weighted by atomic mass is 10.2. The van der Waals surface area contributed by atoms with Gasteiger partial charge in [-0.05, 0) is 19.1 Å². The fourth-order valence-electron chi connectivity index (χ4n) is 1.69. The molecule has 2 atom stereocenters. The van der Waals surface area contributed by atoms with Gasteiger partial charge >= 0.3 is 7.60 Å². The highest BCUT2D eigenvalue weighted by Crippen LogP contribution is 2.56. The van der Waals surface area contributed by atoms with Crippen LogP contribution in [0.4, 0.5) is 0 Å². The molecule has 0 aliphatic rings. The van der Waals surface area contributed by atoms with Crippen LogP contribution in [-0.4, -0.2) is 37.9 Å². The molecule has 7 nitrogen and oxygen atoms in total. The summed E-state index contributed by atoms with van der Waals surface area (Å²) >= 11 is 0. The van der Waals surface area contributed by atoms with Crippen molar-refractivity contribution in [1.82, 2.24) is 0 Å². The average Bonchev–Trinajstić information content (AvgIpc) is 2.44. The van der Waals surface area contributed by atoms with Gasteiger partial charge in [0.2, 0.25) is 5.75 Å². The topological polar surface area (TPSA) is 94.5 Å². The van der Waals surface area contributed by atoms with Crippen LogP contribution < -0.4 is 14.2 Å². The molecule has 1 aromatic carbocycles. The molecule has 8 heteroatoms. The highest BCUT2D eigenvalue weighted by atomic mass is 31.2. The number of methoxy groups -OCH3 is 3. The van der Waals surface area contributed by atoms with Gasteiger partial charge in [0.1, 0.15) is 0 Å². The molecule has 0 fully saturated rings. The molecule has 0 spiro atoms. The summed E-state index contributed by atoms with van der Waals surface area (Å²) in [6.45, 7) is 1.57. The molecule has 1 rings (SSSR count). The summed E-state index contributed by atoms with van der Waals surface area (Å²) in [4.78, 5) is 9.66. The Hall–Kier alpha value is -1.27. The monoisotopic (exact) mass is 306 g/mol. The van der Waals surface area contributed by atoms with E-state index >= 15 is 0 Å². The Labute approximate surface area is 117 Å². The quantitative estimate of drug-likeness (QED) is 0.743. The molecule has 0 saturated carbocycles. The molecular formula is C12H19O7P. The van der Waals surface area contributed by atoms with Crippen LogP contribution in [0.1, 0.15) is 18.3 Å². The minimum absolute atomic E-state index is 0.00919. The summed E-state index contributed by atoms with van der Waals surface area (Å²) in [6.07, 6.45) is 0. The minimum Gasteiger partial charge on any atom is -0.493 e. The van der Waals surface area contributed by atoms with Crippen LogP contribution in [0.2, 0.25) is 0 Å². The van der Waals surface area contributed by atoms with Crippen molar-refractivity contribution in [1.29, 1.82) is 0 Å². The Morgan fingerprint density at radius 1 is 1.15 bits per heavy atom. The van der Waals surface area contributed by atoms with Gasteiger partial charge < -0.3 is 28.7 Å². The summed E-state index contributed by atoms with van der Waals surface area (Å²) < 4.78 is 31.9. The zero-order chi connectivity index (χ0) is 15.3. The standard InChI is InChI=1S/C12H19O7P/c1-5-19-20(14,15)12(13)8-6-9(16-2)11(18-4)10(7-8)17-3/h6-7,12-13H,5H2,1-4H3,(H,14,15). The first kappa shape index (κ1) is 16.8. The van der Waals surface area contributed by atoms with E-state index in [4.69, 9.17) is 18.7 Å². The molecule has 0 saturated heterocycles. The maximum absolute atomic E-state index is 11.8. The smallest absolute Gasteiger partial charge is 0.360 e. The Bertz CT molecular complexity index is 478. The molecule has 20 heavy (non-hydrogen) atoms. The van der Waals surface area contributed by atoms with Gasteiger partial charge in [-0.15, -0.1) is 0 Å². The molecule has 0 aromatic heterocycles. The predicted molar refractivity (Wildman–Crippen MR) is 72.5 cm³/mol. The number of aliphatic hydroxyl groups is 1. The number of rotatable bonds is 7. The van der Waals surface area contributed by atoms with Crippen LogP contribution in [-0.2, 0) is 9.09 Å². The number of aliphatic hydroxyl groups excluding tert-OH is 1. The average molecular weight is 306 g/mol. The van der Waals surface area contributed by atoms with E-state index in [9.17, 15) is 14.6 Å². The first-order valence-electron chi connectivity index (χ1n) is 5.86.